The second-order valence-corrected chi connectivity index (χ2v) is 9.28. The molecule has 2 amide bonds. The van der Waals surface area contributed by atoms with Crippen LogP contribution in [0.15, 0.2) is 47.6 Å². The third-order valence-electron chi connectivity index (χ3n) is 6.26. The number of carboxylic acids is 1. The highest BCUT2D eigenvalue weighted by Crippen LogP contribution is 2.40. The van der Waals surface area contributed by atoms with Crippen molar-refractivity contribution in [1.82, 2.24) is 5.32 Å². The van der Waals surface area contributed by atoms with Gasteiger partial charge in [0.25, 0.3) is 5.91 Å². The van der Waals surface area contributed by atoms with Crippen molar-refractivity contribution < 1.29 is 24.3 Å². The molecule has 186 valence electrons. The van der Waals surface area contributed by atoms with Crippen LogP contribution in [0.4, 0.5) is 5.69 Å². The number of oxime groups is 1. The molecule has 35 heavy (non-hydrogen) atoms. The highest BCUT2D eigenvalue weighted by Gasteiger charge is 2.45. The molecule has 1 saturated carbocycles. The van der Waals surface area contributed by atoms with E-state index in [1.54, 1.807) is 49.4 Å². The number of carboxylic acid groups (broad SMARTS) is 1. The van der Waals surface area contributed by atoms with Crippen LogP contribution in [0.2, 0.25) is 10.0 Å². The van der Waals surface area contributed by atoms with Gasteiger partial charge in [0.05, 0.1) is 26.7 Å². The molecule has 0 aliphatic heterocycles. The summed E-state index contributed by atoms with van der Waals surface area (Å²) in [6.07, 6.45) is 2.96. The summed E-state index contributed by atoms with van der Waals surface area (Å²) in [7, 11) is 1.42. The highest BCUT2D eigenvalue weighted by atomic mass is 35.5. The smallest absolute Gasteiger partial charge is 0.326 e. The van der Waals surface area contributed by atoms with E-state index in [1.807, 2.05) is 0 Å². The lowest BCUT2D eigenvalue weighted by molar-refractivity contribution is -0.143. The molecule has 0 bridgehead atoms. The zero-order chi connectivity index (χ0) is 25.6. The van der Waals surface area contributed by atoms with Crippen LogP contribution in [0.1, 0.15) is 48.5 Å². The fourth-order valence-corrected chi connectivity index (χ4v) is 4.89. The number of hydrogen-bond donors (Lipinski definition) is 3. The number of hydrogen-bond acceptors (Lipinski definition) is 5. The Morgan fingerprint density at radius 1 is 1.09 bits per heavy atom. The fraction of sp³-hybridized carbons (Fsp3) is 0.360. The van der Waals surface area contributed by atoms with E-state index in [0.29, 0.717) is 29.8 Å². The van der Waals surface area contributed by atoms with Crippen LogP contribution in [0.3, 0.4) is 0 Å². The van der Waals surface area contributed by atoms with Crippen molar-refractivity contribution in [2.45, 2.75) is 45.1 Å². The monoisotopic (exact) mass is 519 g/mol. The Kier molecular flexibility index (Phi) is 8.75. The lowest BCUT2D eigenvalue weighted by atomic mass is 9.80. The summed E-state index contributed by atoms with van der Waals surface area (Å²) in [4.78, 5) is 42.5. The van der Waals surface area contributed by atoms with Gasteiger partial charge in [-0.25, -0.2) is 4.79 Å². The number of carbonyl (C=O) groups is 3. The van der Waals surface area contributed by atoms with Crippen LogP contribution in [0.25, 0.3) is 0 Å². The maximum Gasteiger partial charge on any atom is 0.326 e. The van der Waals surface area contributed by atoms with E-state index in [-0.39, 0.29) is 27.9 Å². The van der Waals surface area contributed by atoms with Crippen molar-refractivity contribution in [1.29, 1.82) is 0 Å². The molecule has 3 N–H and O–H groups in total. The standard InChI is InChI=1S/C25H27Cl2N3O5/c1-15(30-35-2)25(12-3-4-13-25)24(34)29-20(23(32)33)14-16-8-10-17(11-9-16)28-22(31)21-18(26)6-5-7-19(21)27/h5-11,20H,3-4,12-14H2,1-2H3,(H,28,31)(H,29,34)(H,32,33)/t20-/m0/s1. The molecule has 2 aromatic rings. The number of carbonyl (C=O) groups excluding carboxylic acids is 2. The second-order valence-electron chi connectivity index (χ2n) is 8.46. The molecule has 3 rings (SSSR count). The molecule has 0 saturated heterocycles. The molecular formula is C25H27Cl2N3O5. The summed E-state index contributed by atoms with van der Waals surface area (Å²) in [6, 6.07) is 10.3. The van der Waals surface area contributed by atoms with Crippen molar-refractivity contribution in [3.63, 3.8) is 0 Å². The molecule has 0 radical (unpaired) electrons. The lowest BCUT2D eigenvalue weighted by Gasteiger charge is -2.29. The quantitative estimate of drug-likeness (QED) is 0.320. The molecule has 2 aromatic carbocycles. The van der Waals surface area contributed by atoms with Gasteiger partial charge in [-0.3, -0.25) is 9.59 Å². The Bertz CT molecular complexity index is 1110. The van der Waals surface area contributed by atoms with Crippen molar-refractivity contribution in [2.24, 2.45) is 10.6 Å². The van der Waals surface area contributed by atoms with E-state index in [2.05, 4.69) is 15.8 Å². The number of nitrogens with zero attached hydrogens (tertiary/aromatic N) is 1. The molecule has 0 unspecified atom stereocenters. The van der Waals surface area contributed by atoms with Gasteiger partial charge in [0.15, 0.2) is 0 Å². The number of halogens is 2. The minimum atomic E-state index is -1.14. The van der Waals surface area contributed by atoms with E-state index in [0.717, 1.165) is 12.8 Å². The van der Waals surface area contributed by atoms with E-state index < -0.39 is 23.3 Å². The van der Waals surface area contributed by atoms with Gasteiger partial charge in [0.2, 0.25) is 5.91 Å². The second kappa shape index (κ2) is 11.6. The molecule has 8 nitrogen and oxygen atoms in total. The van der Waals surface area contributed by atoms with Gasteiger partial charge in [0, 0.05) is 12.1 Å². The van der Waals surface area contributed by atoms with Crippen LogP contribution in [0, 0.1) is 5.41 Å². The third-order valence-corrected chi connectivity index (χ3v) is 6.89. The lowest BCUT2D eigenvalue weighted by Crippen LogP contribution is -2.51. The van der Waals surface area contributed by atoms with Crippen molar-refractivity contribution >= 4 is 52.4 Å². The Morgan fingerprint density at radius 2 is 1.69 bits per heavy atom. The predicted octanol–water partition coefficient (Wildman–Crippen LogP) is 4.94. The number of anilines is 1. The Labute approximate surface area is 213 Å². The number of benzene rings is 2. The number of rotatable bonds is 9. The van der Waals surface area contributed by atoms with E-state index in [1.165, 1.54) is 7.11 Å². The van der Waals surface area contributed by atoms with Crippen molar-refractivity contribution in [2.75, 3.05) is 12.4 Å². The summed E-state index contributed by atoms with van der Waals surface area (Å²) in [6.45, 7) is 1.73. The maximum absolute atomic E-state index is 13.2. The first kappa shape index (κ1) is 26.5. The van der Waals surface area contributed by atoms with Gasteiger partial charge >= 0.3 is 5.97 Å². The van der Waals surface area contributed by atoms with Gasteiger partial charge in [-0.15, -0.1) is 0 Å². The van der Waals surface area contributed by atoms with E-state index in [4.69, 9.17) is 28.0 Å². The van der Waals surface area contributed by atoms with Crippen LogP contribution in [-0.2, 0) is 20.8 Å². The Hall–Kier alpha value is -3.10. The van der Waals surface area contributed by atoms with Crippen LogP contribution in [-0.4, -0.2) is 41.8 Å². The molecule has 0 spiro atoms. The number of nitrogens with one attached hydrogen (secondary N) is 2. The topological polar surface area (TPSA) is 117 Å². The van der Waals surface area contributed by atoms with Crippen LogP contribution < -0.4 is 10.6 Å². The zero-order valence-corrected chi connectivity index (χ0v) is 20.9. The van der Waals surface area contributed by atoms with Gasteiger partial charge in [0.1, 0.15) is 13.2 Å². The molecule has 1 aliphatic carbocycles. The summed E-state index contributed by atoms with van der Waals surface area (Å²) in [5.41, 5.74) is 1.01. The summed E-state index contributed by atoms with van der Waals surface area (Å²) < 4.78 is 0. The first-order valence-electron chi connectivity index (χ1n) is 11.1. The average molecular weight is 520 g/mol. The average Bonchev–Trinajstić information content (AvgIpc) is 3.31. The van der Waals surface area contributed by atoms with Gasteiger partial charge in [-0.2, -0.15) is 0 Å². The number of amides is 2. The predicted molar refractivity (Wildman–Crippen MR) is 135 cm³/mol. The van der Waals surface area contributed by atoms with Gasteiger partial charge < -0.3 is 20.6 Å². The van der Waals surface area contributed by atoms with Crippen LogP contribution >= 0.6 is 23.2 Å². The minimum absolute atomic E-state index is 0.0716. The molecule has 10 heteroatoms. The Balaban J connectivity index is 1.70. The first-order valence-corrected chi connectivity index (χ1v) is 11.9. The largest absolute Gasteiger partial charge is 0.480 e. The highest BCUT2D eigenvalue weighted by molar-refractivity contribution is 6.40. The van der Waals surface area contributed by atoms with Gasteiger partial charge in [-0.1, -0.05) is 59.4 Å². The first-order chi connectivity index (χ1) is 16.7. The summed E-state index contributed by atoms with van der Waals surface area (Å²) in [5, 5.41) is 19.6. The molecule has 0 aromatic heterocycles. The summed E-state index contributed by atoms with van der Waals surface area (Å²) in [5.74, 6) is -1.96. The third kappa shape index (κ3) is 6.13. The molecule has 1 atom stereocenters. The maximum atomic E-state index is 13.2. The van der Waals surface area contributed by atoms with E-state index in [9.17, 15) is 19.5 Å². The minimum Gasteiger partial charge on any atom is -0.480 e. The SMILES string of the molecule is CON=C(C)C1(C(=O)N[C@@H](Cc2ccc(NC(=O)c3c(Cl)cccc3Cl)cc2)C(=O)O)CCCC1. The molecular weight excluding hydrogens is 493 g/mol. The van der Waals surface area contributed by atoms with Gasteiger partial charge in [-0.05, 0) is 49.6 Å². The van der Waals surface area contributed by atoms with Crippen molar-refractivity contribution in [3.8, 4) is 0 Å². The molecule has 1 fully saturated rings. The number of aliphatic carboxylic acids is 1. The van der Waals surface area contributed by atoms with E-state index >= 15 is 0 Å². The molecule has 0 heterocycles. The zero-order valence-electron chi connectivity index (χ0n) is 19.4. The Morgan fingerprint density at radius 3 is 2.23 bits per heavy atom. The summed E-state index contributed by atoms with van der Waals surface area (Å²) >= 11 is 12.2. The van der Waals surface area contributed by atoms with Crippen LogP contribution in [0.5, 0.6) is 0 Å². The fourth-order valence-electron chi connectivity index (χ4n) is 4.32. The molecule has 1 aliphatic rings. The normalized spacial score (nSPS) is 15.8. The van der Waals surface area contributed by atoms with Crippen molar-refractivity contribution in [3.05, 3.63) is 63.6 Å².